The van der Waals surface area contributed by atoms with Gasteiger partial charge in [-0.3, -0.25) is 4.90 Å². The molecule has 0 saturated heterocycles. The zero-order valence-electron chi connectivity index (χ0n) is 10.9. The number of ether oxygens (including phenoxy) is 1. The van der Waals surface area contributed by atoms with E-state index in [0.717, 1.165) is 13.1 Å². The molecule has 0 spiro atoms. The molecule has 0 saturated carbocycles. The van der Waals surface area contributed by atoms with Crippen LogP contribution in [0.25, 0.3) is 0 Å². The highest BCUT2D eigenvalue weighted by Crippen LogP contribution is 2.16. The number of rotatable bonds is 6. The van der Waals surface area contributed by atoms with Crippen LogP contribution in [0.4, 0.5) is 0 Å². The Hall–Kier alpha value is -1.83. The Bertz CT molecular complexity index is 546. The first-order valence-corrected chi connectivity index (χ1v) is 7.00. The van der Waals surface area contributed by atoms with E-state index in [4.69, 9.17) is 10.00 Å². The molecule has 0 unspecified atom stereocenters. The molecule has 0 radical (unpaired) electrons. The van der Waals surface area contributed by atoms with E-state index < -0.39 is 0 Å². The molecule has 1 aromatic heterocycles. The van der Waals surface area contributed by atoms with Gasteiger partial charge in [0, 0.05) is 18.0 Å². The van der Waals surface area contributed by atoms with Gasteiger partial charge in [0.15, 0.2) is 0 Å². The second-order valence-electron chi connectivity index (χ2n) is 4.27. The summed E-state index contributed by atoms with van der Waals surface area (Å²) in [5.74, 6) is 0.662. The number of thiophene rings is 1. The van der Waals surface area contributed by atoms with E-state index in [1.807, 2.05) is 18.2 Å². The van der Waals surface area contributed by atoms with Crippen LogP contribution >= 0.6 is 11.3 Å². The van der Waals surface area contributed by atoms with E-state index in [0.29, 0.717) is 17.9 Å². The molecule has 0 fully saturated rings. The van der Waals surface area contributed by atoms with Gasteiger partial charge in [-0.2, -0.15) is 5.26 Å². The van der Waals surface area contributed by atoms with Crippen LogP contribution in [0.1, 0.15) is 10.4 Å². The first-order valence-electron chi connectivity index (χ1n) is 6.12. The molecular formula is C15H16N2OS. The van der Waals surface area contributed by atoms with Gasteiger partial charge < -0.3 is 4.74 Å². The van der Waals surface area contributed by atoms with Gasteiger partial charge in [0.1, 0.15) is 18.4 Å². The quantitative estimate of drug-likeness (QED) is 0.810. The van der Waals surface area contributed by atoms with Crippen molar-refractivity contribution in [2.24, 2.45) is 0 Å². The molecule has 0 bridgehead atoms. The first-order chi connectivity index (χ1) is 9.29. The predicted molar refractivity (Wildman–Crippen MR) is 77.3 cm³/mol. The zero-order valence-corrected chi connectivity index (χ0v) is 11.7. The topological polar surface area (TPSA) is 36.3 Å². The lowest BCUT2D eigenvalue weighted by Gasteiger charge is -2.16. The van der Waals surface area contributed by atoms with E-state index in [2.05, 4.69) is 35.5 Å². The van der Waals surface area contributed by atoms with Crippen molar-refractivity contribution < 1.29 is 4.74 Å². The maximum Gasteiger partial charge on any atom is 0.137 e. The van der Waals surface area contributed by atoms with Crippen molar-refractivity contribution in [3.8, 4) is 11.8 Å². The monoisotopic (exact) mass is 272 g/mol. The van der Waals surface area contributed by atoms with Gasteiger partial charge in [-0.1, -0.05) is 18.2 Å². The SMILES string of the molecule is CN(CCOc1ccccc1C#N)Cc1cccs1. The molecule has 0 aliphatic carbocycles. The van der Waals surface area contributed by atoms with Gasteiger partial charge in [0.2, 0.25) is 0 Å². The molecule has 98 valence electrons. The molecule has 0 aliphatic heterocycles. The number of nitriles is 1. The molecular weight excluding hydrogens is 256 g/mol. The minimum Gasteiger partial charge on any atom is -0.491 e. The van der Waals surface area contributed by atoms with Gasteiger partial charge in [0.05, 0.1) is 5.56 Å². The summed E-state index contributed by atoms with van der Waals surface area (Å²) >= 11 is 1.76. The number of nitrogens with zero attached hydrogens (tertiary/aromatic N) is 2. The average Bonchev–Trinajstić information content (AvgIpc) is 2.92. The van der Waals surface area contributed by atoms with E-state index in [1.165, 1.54) is 4.88 Å². The molecule has 1 aromatic carbocycles. The Kier molecular flexibility index (Phi) is 4.96. The summed E-state index contributed by atoms with van der Waals surface area (Å²) in [5, 5.41) is 11.0. The average molecular weight is 272 g/mol. The number of para-hydroxylation sites is 1. The summed E-state index contributed by atoms with van der Waals surface area (Å²) in [7, 11) is 2.07. The largest absolute Gasteiger partial charge is 0.491 e. The van der Waals surface area contributed by atoms with E-state index in [-0.39, 0.29) is 0 Å². The van der Waals surface area contributed by atoms with Crippen molar-refractivity contribution in [1.82, 2.24) is 4.90 Å². The third-order valence-corrected chi connectivity index (χ3v) is 3.61. The molecule has 19 heavy (non-hydrogen) atoms. The van der Waals surface area contributed by atoms with Crippen LogP contribution in [0.5, 0.6) is 5.75 Å². The lowest BCUT2D eigenvalue weighted by molar-refractivity contribution is 0.233. The second-order valence-corrected chi connectivity index (χ2v) is 5.31. The first kappa shape index (κ1) is 13.6. The number of benzene rings is 1. The van der Waals surface area contributed by atoms with E-state index in [1.54, 1.807) is 17.4 Å². The molecule has 0 aliphatic rings. The van der Waals surface area contributed by atoms with E-state index >= 15 is 0 Å². The van der Waals surface area contributed by atoms with Crippen molar-refractivity contribution in [2.45, 2.75) is 6.54 Å². The standard InChI is InChI=1S/C15H16N2OS/c1-17(12-14-6-4-10-19-14)8-9-18-15-7-3-2-5-13(15)11-16/h2-7,10H,8-9,12H2,1H3. The Morgan fingerprint density at radius 1 is 1.26 bits per heavy atom. The minimum atomic E-state index is 0.584. The maximum absolute atomic E-state index is 8.96. The van der Waals surface area contributed by atoms with Crippen molar-refractivity contribution >= 4 is 11.3 Å². The third kappa shape index (κ3) is 4.09. The van der Waals surface area contributed by atoms with Gasteiger partial charge in [-0.15, -0.1) is 11.3 Å². The zero-order chi connectivity index (χ0) is 13.5. The summed E-state index contributed by atoms with van der Waals surface area (Å²) in [4.78, 5) is 3.56. The van der Waals surface area contributed by atoms with Crippen molar-refractivity contribution in [3.63, 3.8) is 0 Å². The van der Waals surface area contributed by atoms with Gasteiger partial charge in [-0.25, -0.2) is 0 Å². The summed E-state index contributed by atoms with van der Waals surface area (Å²) in [6, 6.07) is 13.6. The van der Waals surface area contributed by atoms with Crippen LogP contribution in [0, 0.1) is 11.3 Å². The highest BCUT2D eigenvalue weighted by Gasteiger charge is 2.04. The Labute approximate surface area is 117 Å². The van der Waals surface area contributed by atoms with Crippen molar-refractivity contribution in [2.75, 3.05) is 20.2 Å². The highest BCUT2D eigenvalue weighted by atomic mass is 32.1. The van der Waals surface area contributed by atoms with Gasteiger partial charge in [-0.05, 0) is 30.6 Å². The fourth-order valence-corrected chi connectivity index (χ4v) is 2.53. The molecule has 1 heterocycles. The molecule has 4 heteroatoms. The van der Waals surface area contributed by atoms with Crippen molar-refractivity contribution in [3.05, 3.63) is 52.2 Å². The number of likely N-dealkylation sites (N-methyl/N-ethyl adjacent to an activating group) is 1. The number of hydrogen-bond acceptors (Lipinski definition) is 4. The van der Waals surface area contributed by atoms with Gasteiger partial charge >= 0.3 is 0 Å². The summed E-state index contributed by atoms with van der Waals surface area (Å²) in [6.07, 6.45) is 0. The van der Waals surface area contributed by atoms with Crippen LogP contribution in [0.2, 0.25) is 0 Å². The van der Waals surface area contributed by atoms with Crippen LogP contribution in [0.15, 0.2) is 41.8 Å². The van der Waals surface area contributed by atoms with Crippen LogP contribution in [0.3, 0.4) is 0 Å². The molecule has 2 aromatic rings. The molecule has 0 amide bonds. The lowest BCUT2D eigenvalue weighted by atomic mass is 10.2. The fraction of sp³-hybridized carbons (Fsp3) is 0.267. The Morgan fingerprint density at radius 3 is 2.84 bits per heavy atom. The predicted octanol–water partition coefficient (Wildman–Crippen LogP) is 3.13. The van der Waals surface area contributed by atoms with Crippen LogP contribution in [-0.4, -0.2) is 25.1 Å². The normalized spacial score (nSPS) is 10.4. The second kappa shape index (κ2) is 6.93. The minimum absolute atomic E-state index is 0.584. The molecule has 0 N–H and O–H groups in total. The summed E-state index contributed by atoms with van der Waals surface area (Å²) < 4.78 is 5.66. The molecule has 3 nitrogen and oxygen atoms in total. The van der Waals surface area contributed by atoms with Gasteiger partial charge in [0.25, 0.3) is 0 Å². The van der Waals surface area contributed by atoms with Crippen molar-refractivity contribution in [1.29, 1.82) is 5.26 Å². The fourth-order valence-electron chi connectivity index (χ4n) is 1.74. The van der Waals surface area contributed by atoms with E-state index in [9.17, 15) is 0 Å². The molecule has 0 atom stereocenters. The van der Waals surface area contributed by atoms with Crippen LogP contribution in [-0.2, 0) is 6.54 Å². The third-order valence-electron chi connectivity index (χ3n) is 2.74. The lowest BCUT2D eigenvalue weighted by Crippen LogP contribution is -2.23. The number of hydrogen-bond donors (Lipinski definition) is 0. The Morgan fingerprint density at radius 2 is 2.11 bits per heavy atom. The smallest absolute Gasteiger partial charge is 0.137 e. The highest BCUT2D eigenvalue weighted by molar-refractivity contribution is 7.09. The summed E-state index contributed by atoms with van der Waals surface area (Å²) in [6.45, 7) is 2.35. The van der Waals surface area contributed by atoms with Crippen LogP contribution < -0.4 is 4.74 Å². The Balaban J connectivity index is 1.78. The summed E-state index contributed by atoms with van der Waals surface area (Å²) in [5.41, 5.74) is 0.586. The maximum atomic E-state index is 8.96. The molecule has 2 rings (SSSR count).